The van der Waals surface area contributed by atoms with Gasteiger partial charge in [-0.25, -0.2) is 0 Å². The second-order valence-corrected chi connectivity index (χ2v) is 4.22. The van der Waals surface area contributed by atoms with Crippen LogP contribution in [0.4, 0.5) is 5.82 Å². The molecule has 0 saturated heterocycles. The van der Waals surface area contributed by atoms with Crippen LogP contribution < -0.4 is 5.73 Å². The summed E-state index contributed by atoms with van der Waals surface area (Å²) >= 11 is 0. The Morgan fingerprint density at radius 2 is 2.31 bits per heavy atom. The van der Waals surface area contributed by atoms with Gasteiger partial charge in [-0.1, -0.05) is 19.0 Å². The molecule has 2 rings (SSSR count). The van der Waals surface area contributed by atoms with Gasteiger partial charge in [-0.15, -0.1) is 0 Å². The van der Waals surface area contributed by atoms with Gasteiger partial charge in [0.15, 0.2) is 5.82 Å². The van der Waals surface area contributed by atoms with Crippen molar-refractivity contribution in [3.63, 3.8) is 0 Å². The number of fused-ring (bicyclic) bond motifs is 1. The number of hydrogen-bond acceptors (Lipinski definition) is 3. The average molecular weight is 180 g/mol. The highest BCUT2D eigenvalue weighted by Gasteiger charge is 2.26. The molecular weight excluding hydrogens is 164 g/mol. The van der Waals surface area contributed by atoms with Crippen LogP contribution in [0.5, 0.6) is 0 Å². The standard InChI is InChI=1S/C10H16N2O/c1-6(2)7-3-4-8-9(5-7)13-12-10(8)11/h6-7H,3-5H2,1-2H3,(H2,11,12). The summed E-state index contributed by atoms with van der Waals surface area (Å²) in [5, 5.41) is 3.79. The maximum Gasteiger partial charge on any atom is 0.170 e. The predicted molar refractivity (Wildman–Crippen MR) is 51.3 cm³/mol. The van der Waals surface area contributed by atoms with Gasteiger partial charge in [0, 0.05) is 12.0 Å². The molecule has 2 N–H and O–H groups in total. The average Bonchev–Trinajstić information content (AvgIpc) is 2.47. The Bertz CT molecular complexity index is 304. The molecule has 0 spiro atoms. The highest BCUT2D eigenvalue weighted by molar-refractivity contribution is 5.41. The van der Waals surface area contributed by atoms with Crippen LogP contribution in [-0.2, 0) is 12.8 Å². The van der Waals surface area contributed by atoms with Gasteiger partial charge in [0.25, 0.3) is 0 Å². The summed E-state index contributed by atoms with van der Waals surface area (Å²) in [6.07, 6.45) is 3.26. The molecule has 0 aliphatic heterocycles. The molecule has 3 nitrogen and oxygen atoms in total. The Hall–Kier alpha value is -0.990. The highest BCUT2D eigenvalue weighted by atomic mass is 16.5. The first kappa shape index (κ1) is 8.60. The second-order valence-electron chi connectivity index (χ2n) is 4.22. The van der Waals surface area contributed by atoms with E-state index in [1.54, 1.807) is 0 Å². The Morgan fingerprint density at radius 3 is 3.00 bits per heavy atom. The summed E-state index contributed by atoms with van der Waals surface area (Å²) in [5.74, 6) is 3.07. The van der Waals surface area contributed by atoms with E-state index in [4.69, 9.17) is 10.3 Å². The Balaban J connectivity index is 2.21. The van der Waals surface area contributed by atoms with Gasteiger partial charge in [0.05, 0.1) is 0 Å². The van der Waals surface area contributed by atoms with Crippen LogP contribution in [-0.4, -0.2) is 5.16 Å². The molecule has 72 valence electrons. The fourth-order valence-electron chi connectivity index (χ4n) is 2.02. The van der Waals surface area contributed by atoms with Gasteiger partial charge in [0.1, 0.15) is 5.76 Å². The van der Waals surface area contributed by atoms with E-state index in [1.165, 1.54) is 6.42 Å². The van der Waals surface area contributed by atoms with Crippen LogP contribution in [0.2, 0.25) is 0 Å². The van der Waals surface area contributed by atoms with Crippen molar-refractivity contribution in [2.75, 3.05) is 5.73 Å². The normalized spacial score (nSPS) is 21.9. The number of aromatic nitrogens is 1. The lowest BCUT2D eigenvalue weighted by Crippen LogP contribution is -2.18. The number of nitrogens with zero attached hydrogens (tertiary/aromatic N) is 1. The molecule has 0 bridgehead atoms. The molecule has 1 aromatic heterocycles. The molecule has 1 aliphatic carbocycles. The van der Waals surface area contributed by atoms with Crippen LogP contribution >= 0.6 is 0 Å². The summed E-state index contributed by atoms with van der Waals surface area (Å²) in [5.41, 5.74) is 6.83. The van der Waals surface area contributed by atoms with Crippen LogP contribution in [0.15, 0.2) is 4.52 Å². The van der Waals surface area contributed by atoms with Crippen molar-refractivity contribution >= 4 is 5.82 Å². The lowest BCUT2D eigenvalue weighted by Gasteiger charge is -2.23. The van der Waals surface area contributed by atoms with Crippen molar-refractivity contribution in [3.8, 4) is 0 Å². The molecule has 0 amide bonds. The van der Waals surface area contributed by atoms with Crippen LogP contribution in [0, 0.1) is 11.8 Å². The molecule has 0 aromatic carbocycles. The van der Waals surface area contributed by atoms with Gasteiger partial charge >= 0.3 is 0 Å². The van der Waals surface area contributed by atoms with E-state index < -0.39 is 0 Å². The molecule has 1 unspecified atom stereocenters. The Kier molecular flexibility index (Phi) is 2.02. The molecule has 1 aliphatic rings. The Labute approximate surface area is 78.3 Å². The Morgan fingerprint density at radius 1 is 1.54 bits per heavy atom. The summed E-state index contributed by atoms with van der Waals surface area (Å²) in [4.78, 5) is 0. The maximum absolute atomic E-state index is 5.68. The predicted octanol–water partition coefficient (Wildman–Crippen LogP) is 2.02. The van der Waals surface area contributed by atoms with Gasteiger partial charge < -0.3 is 10.3 Å². The summed E-state index contributed by atoms with van der Waals surface area (Å²) in [7, 11) is 0. The number of nitrogen functional groups attached to an aromatic ring is 1. The monoisotopic (exact) mass is 180 g/mol. The van der Waals surface area contributed by atoms with Crippen molar-refractivity contribution in [3.05, 3.63) is 11.3 Å². The van der Waals surface area contributed by atoms with Crippen LogP contribution in [0.1, 0.15) is 31.6 Å². The first-order valence-corrected chi connectivity index (χ1v) is 4.91. The smallest absolute Gasteiger partial charge is 0.170 e. The zero-order valence-electron chi connectivity index (χ0n) is 8.21. The molecule has 1 aromatic rings. The fraction of sp³-hybridized carbons (Fsp3) is 0.700. The summed E-state index contributed by atoms with van der Waals surface area (Å²) < 4.78 is 5.19. The largest absolute Gasteiger partial charge is 0.381 e. The molecule has 0 radical (unpaired) electrons. The van der Waals surface area contributed by atoms with E-state index in [0.29, 0.717) is 5.82 Å². The SMILES string of the molecule is CC(C)C1CCc2c(N)noc2C1. The third-order valence-corrected chi connectivity index (χ3v) is 3.06. The van der Waals surface area contributed by atoms with Crippen molar-refractivity contribution in [1.29, 1.82) is 0 Å². The fourth-order valence-corrected chi connectivity index (χ4v) is 2.02. The van der Waals surface area contributed by atoms with E-state index in [9.17, 15) is 0 Å². The minimum absolute atomic E-state index is 0.595. The van der Waals surface area contributed by atoms with E-state index >= 15 is 0 Å². The van der Waals surface area contributed by atoms with E-state index in [0.717, 1.165) is 36.0 Å². The lowest BCUT2D eigenvalue weighted by atomic mass is 9.81. The van der Waals surface area contributed by atoms with Crippen molar-refractivity contribution in [2.24, 2.45) is 11.8 Å². The molecular formula is C10H16N2O. The number of hydrogen-bond donors (Lipinski definition) is 1. The molecule has 1 atom stereocenters. The first-order chi connectivity index (χ1) is 6.18. The van der Waals surface area contributed by atoms with Gasteiger partial charge in [0.2, 0.25) is 0 Å². The number of anilines is 1. The zero-order valence-corrected chi connectivity index (χ0v) is 8.21. The highest BCUT2D eigenvalue weighted by Crippen LogP contribution is 2.32. The van der Waals surface area contributed by atoms with Gasteiger partial charge in [-0.2, -0.15) is 0 Å². The third-order valence-electron chi connectivity index (χ3n) is 3.06. The topological polar surface area (TPSA) is 52.0 Å². The quantitative estimate of drug-likeness (QED) is 0.719. The van der Waals surface area contributed by atoms with Crippen molar-refractivity contribution in [1.82, 2.24) is 5.16 Å². The van der Waals surface area contributed by atoms with Gasteiger partial charge in [-0.05, 0) is 24.7 Å². The zero-order chi connectivity index (χ0) is 9.42. The molecule has 1 heterocycles. The van der Waals surface area contributed by atoms with E-state index in [-0.39, 0.29) is 0 Å². The number of rotatable bonds is 1. The first-order valence-electron chi connectivity index (χ1n) is 4.91. The summed E-state index contributed by atoms with van der Waals surface area (Å²) in [6.45, 7) is 4.52. The summed E-state index contributed by atoms with van der Waals surface area (Å²) in [6, 6.07) is 0. The van der Waals surface area contributed by atoms with Crippen LogP contribution in [0.3, 0.4) is 0 Å². The van der Waals surface area contributed by atoms with E-state index in [2.05, 4.69) is 19.0 Å². The van der Waals surface area contributed by atoms with Crippen molar-refractivity contribution < 1.29 is 4.52 Å². The molecule has 0 saturated carbocycles. The lowest BCUT2D eigenvalue weighted by molar-refractivity contribution is 0.290. The van der Waals surface area contributed by atoms with Crippen LogP contribution in [0.25, 0.3) is 0 Å². The maximum atomic E-state index is 5.68. The minimum atomic E-state index is 0.595. The minimum Gasteiger partial charge on any atom is -0.381 e. The molecule has 0 fully saturated rings. The molecule has 13 heavy (non-hydrogen) atoms. The molecule has 3 heteroatoms. The number of nitrogens with two attached hydrogens (primary N) is 1. The van der Waals surface area contributed by atoms with E-state index in [1.807, 2.05) is 0 Å². The third kappa shape index (κ3) is 1.43. The van der Waals surface area contributed by atoms with Crippen molar-refractivity contribution in [2.45, 2.75) is 33.1 Å². The van der Waals surface area contributed by atoms with Gasteiger partial charge in [-0.3, -0.25) is 0 Å². The second kappa shape index (κ2) is 3.05.